The van der Waals surface area contributed by atoms with E-state index in [4.69, 9.17) is 9.88 Å². The van der Waals surface area contributed by atoms with E-state index < -0.39 is 45.5 Å². The summed E-state index contributed by atoms with van der Waals surface area (Å²) in [6.07, 6.45) is 0.409. The van der Waals surface area contributed by atoms with E-state index in [9.17, 15) is 27.6 Å². The van der Waals surface area contributed by atoms with E-state index in [1.54, 1.807) is 45.0 Å². The summed E-state index contributed by atoms with van der Waals surface area (Å²) in [4.78, 5) is 54.5. The molecule has 12 heteroatoms. The van der Waals surface area contributed by atoms with Gasteiger partial charge < -0.3 is 10.1 Å². The molecule has 1 aliphatic heterocycles. The Kier molecular flexibility index (Phi) is 10.1. The highest BCUT2D eigenvalue weighted by atomic mass is 32.2. The van der Waals surface area contributed by atoms with E-state index in [-0.39, 0.29) is 36.2 Å². The molecule has 45 heavy (non-hydrogen) atoms. The summed E-state index contributed by atoms with van der Waals surface area (Å²) in [6.45, 7) is 9.13. The summed E-state index contributed by atoms with van der Waals surface area (Å²) in [6, 6.07) is 14.9. The summed E-state index contributed by atoms with van der Waals surface area (Å²) in [5.41, 5.74) is 0.469. The number of ether oxygens (including phenoxy) is 1. The van der Waals surface area contributed by atoms with E-state index in [0.29, 0.717) is 23.1 Å². The van der Waals surface area contributed by atoms with E-state index in [1.165, 1.54) is 12.1 Å². The van der Waals surface area contributed by atoms with Crippen molar-refractivity contribution >= 4 is 44.5 Å². The van der Waals surface area contributed by atoms with Crippen LogP contribution in [-0.4, -0.2) is 61.2 Å². The number of amides is 3. The maximum atomic E-state index is 13.4. The van der Waals surface area contributed by atoms with Gasteiger partial charge in [0.15, 0.2) is 0 Å². The molecule has 1 heterocycles. The lowest BCUT2D eigenvalue weighted by Crippen LogP contribution is -2.53. The molecule has 0 saturated carbocycles. The van der Waals surface area contributed by atoms with Gasteiger partial charge in [0.05, 0.1) is 22.1 Å². The highest BCUT2D eigenvalue weighted by molar-refractivity contribution is 7.89. The number of carbonyl (C=O) groups is 4. The van der Waals surface area contributed by atoms with Crippen molar-refractivity contribution in [2.45, 2.75) is 76.6 Å². The van der Waals surface area contributed by atoms with E-state index in [1.807, 2.05) is 38.1 Å². The molecule has 3 aromatic rings. The largest absolute Gasteiger partial charge is 0.459 e. The summed E-state index contributed by atoms with van der Waals surface area (Å²) < 4.78 is 28.8. The van der Waals surface area contributed by atoms with Crippen LogP contribution in [0.3, 0.4) is 0 Å². The van der Waals surface area contributed by atoms with Gasteiger partial charge in [-0.3, -0.25) is 29.4 Å². The molecule has 0 radical (unpaired) electrons. The van der Waals surface area contributed by atoms with Gasteiger partial charge in [0.2, 0.25) is 15.9 Å². The van der Waals surface area contributed by atoms with Gasteiger partial charge in [-0.1, -0.05) is 50.2 Å². The van der Waals surface area contributed by atoms with Gasteiger partial charge in [-0.25, -0.2) is 13.6 Å². The lowest BCUT2D eigenvalue weighted by Gasteiger charge is -2.29. The molecule has 0 spiro atoms. The van der Waals surface area contributed by atoms with Gasteiger partial charge in [0.1, 0.15) is 11.6 Å². The maximum absolute atomic E-state index is 13.4. The molecule has 0 fully saturated rings. The van der Waals surface area contributed by atoms with Crippen molar-refractivity contribution in [3.05, 3.63) is 77.4 Å². The molecule has 0 unspecified atom stereocenters. The molecular formula is C33H40N4O7S. The van der Waals surface area contributed by atoms with Gasteiger partial charge in [0.25, 0.3) is 11.8 Å². The molecule has 0 aromatic heterocycles. The number of nitrogens with zero attached hydrogens (tertiary/aromatic N) is 1. The van der Waals surface area contributed by atoms with Crippen molar-refractivity contribution in [3.63, 3.8) is 0 Å². The standard InChI is InChI=1S/C33H40N4O7S/c1-20(2)16-28(29(38)35-19-21-10-12-24(13-11-21)45(34,42)43)36-27(32(41)44-33(3,4)5)14-15-37-30(39)25-17-22-8-6-7-9-23(22)18-26(25)31(37)40/h6-13,17-18,20,27-28,36H,14-16,19H2,1-5H3,(H,35,38)(H2,34,42,43)/t27-,28+/m1/s1. The van der Waals surface area contributed by atoms with Crippen LogP contribution in [0.5, 0.6) is 0 Å². The fourth-order valence-corrected chi connectivity index (χ4v) is 5.67. The quantitative estimate of drug-likeness (QED) is 0.201. The number of benzene rings is 3. The number of esters is 1. The fourth-order valence-electron chi connectivity index (χ4n) is 5.16. The molecule has 3 amide bonds. The van der Waals surface area contributed by atoms with Crippen molar-refractivity contribution < 1.29 is 32.3 Å². The summed E-state index contributed by atoms with van der Waals surface area (Å²) >= 11 is 0. The summed E-state index contributed by atoms with van der Waals surface area (Å²) in [7, 11) is -3.84. The number of hydrogen-bond acceptors (Lipinski definition) is 8. The second-order valence-electron chi connectivity index (χ2n) is 12.6. The maximum Gasteiger partial charge on any atom is 0.323 e. The molecule has 0 aliphatic carbocycles. The first-order chi connectivity index (χ1) is 21.0. The van der Waals surface area contributed by atoms with Crippen LogP contribution in [0.15, 0.2) is 65.6 Å². The Morgan fingerprint density at radius 3 is 1.96 bits per heavy atom. The number of rotatable bonds is 12. The Balaban J connectivity index is 1.50. The predicted octanol–water partition coefficient (Wildman–Crippen LogP) is 3.50. The molecule has 0 saturated heterocycles. The van der Waals surface area contributed by atoms with Crippen LogP contribution >= 0.6 is 0 Å². The topological polar surface area (TPSA) is 165 Å². The summed E-state index contributed by atoms with van der Waals surface area (Å²) in [5.74, 6) is -1.78. The number of carbonyl (C=O) groups excluding carboxylic acids is 4. The molecule has 0 bridgehead atoms. The Hall–Kier alpha value is -4.13. The van der Waals surface area contributed by atoms with Crippen molar-refractivity contribution in [3.8, 4) is 0 Å². The van der Waals surface area contributed by atoms with Gasteiger partial charge in [-0.2, -0.15) is 0 Å². The number of sulfonamides is 1. The predicted molar refractivity (Wildman–Crippen MR) is 170 cm³/mol. The lowest BCUT2D eigenvalue weighted by molar-refractivity contribution is -0.158. The average Bonchev–Trinajstić information content (AvgIpc) is 3.18. The van der Waals surface area contributed by atoms with E-state index >= 15 is 0 Å². The van der Waals surface area contributed by atoms with Crippen molar-refractivity contribution in [2.24, 2.45) is 11.1 Å². The number of hydrogen-bond donors (Lipinski definition) is 3. The van der Waals surface area contributed by atoms with Crippen molar-refractivity contribution in [2.75, 3.05) is 6.54 Å². The zero-order valence-electron chi connectivity index (χ0n) is 26.1. The first kappa shape index (κ1) is 33.8. The van der Waals surface area contributed by atoms with Crippen LogP contribution in [0.4, 0.5) is 0 Å². The van der Waals surface area contributed by atoms with E-state index in [0.717, 1.165) is 15.7 Å². The molecule has 11 nitrogen and oxygen atoms in total. The fraction of sp³-hybridized carbons (Fsp3) is 0.394. The van der Waals surface area contributed by atoms with Crippen molar-refractivity contribution in [1.29, 1.82) is 0 Å². The second-order valence-corrected chi connectivity index (χ2v) is 14.2. The third-order valence-corrected chi connectivity index (χ3v) is 8.24. The Morgan fingerprint density at radius 2 is 1.47 bits per heavy atom. The number of fused-ring (bicyclic) bond motifs is 2. The molecular weight excluding hydrogens is 596 g/mol. The van der Waals surface area contributed by atoms with Gasteiger partial charge in [-0.15, -0.1) is 0 Å². The normalized spacial score (nSPS) is 14.9. The van der Waals surface area contributed by atoms with Crippen LogP contribution in [0.25, 0.3) is 10.8 Å². The highest BCUT2D eigenvalue weighted by Crippen LogP contribution is 2.28. The first-order valence-corrected chi connectivity index (χ1v) is 16.4. The van der Waals surface area contributed by atoms with Crippen LogP contribution in [-0.2, 0) is 30.9 Å². The monoisotopic (exact) mass is 636 g/mol. The number of primary sulfonamides is 1. The Labute approximate surface area is 263 Å². The Bertz CT molecular complexity index is 1660. The highest BCUT2D eigenvalue weighted by Gasteiger charge is 2.38. The van der Waals surface area contributed by atoms with Gasteiger partial charge in [0, 0.05) is 13.1 Å². The third-order valence-electron chi connectivity index (χ3n) is 7.31. The molecule has 1 aliphatic rings. The number of nitrogens with one attached hydrogen (secondary N) is 2. The Morgan fingerprint density at radius 1 is 0.911 bits per heavy atom. The lowest BCUT2D eigenvalue weighted by atomic mass is 10.0. The van der Waals surface area contributed by atoms with Crippen molar-refractivity contribution in [1.82, 2.24) is 15.5 Å². The zero-order chi connectivity index (χ0) is 33.1. The number of imide groups is 1. The second kappa shape index (κ2) is 13.5. The minimum atomic E-state index is -3.84. The minimum Gasteiger partial charge on any atom is -0.459 e. The molecule has 4 rings (SSSR count). The molecule has 240 valence electrons. The van der Waals surface area contributed by atoms with Gasteiger partial charge in [-0.05, 0) is 80.1 Å². The van der Waals surface area contributed by atoms with Crippen LogP contribution in [0.1, 0.15) is 73.7 Å². The first-order valence-electron chi connectivity index (χ1n) is 14.8. The van der Waals surface area contributed by atoms with Crippen LogP contribution in [0.2, 0.25) is 0 Å². The molecule has 4 N–H and O–H groups in total. The van der Waals surface area contributed by atoms with Crippen LogP contribution in [0, 0.1) is 5.92 Å². The third kappa shape index (κ3) is 8.53. The number of nitrogens with two attached hydrogens (primary N) is 1. The molecule has 2 atom stereocenters. The average molecular weight is 637 g/mol. The van der Waals surface area contributed by atoms with Crippen LogP contribution < -0.4 is 15.8 Å². The SMILES string of the molecule is CC(C)C[C@H](N[C@H](CCN1C(=O)c2cc3ccccc3cc2C1=O)C(=O)OC(C)(C)C)C(=O)NCc1ccc(S(N)(=O)=O)cc1. The zero-order valence-corrected chi connectivity index (χ0v) is 26.9. The smallest absolute Gasteiger partial charge is 0.323 e. The minimum absolute atomic E-state index is 0.0246. The summed E-state index contributed by atoms with van der Waals surface area (Å²) in [5, 5.41) is 12.8. The molecule has 3 aromatic carbocycles. The van der Waals surface area contributed by atoms with Gasteiger partial charge >= 0.3 is 5.97 Å². The van der Waals surface area contributed by atoms with E-state index in [2.05, 4.69) is 10.6 Å².